The van der Waals surface area contributed by atoms with Crippen molar-refractivity contribution in [1.82, 2.24) is 15.1 Å². The Morgan fingerprint density at radius 3 is 2.86 bits per heavy atom. The normalized spacial score (nSPS) is 11.0. The fourth-order valence-corrected chi connectivity index (χ4v) is 2.95. The summed E-state index contributed by atoms with van der Waals surface area (Å²) >= 11 is 1.36. The summed E-state index contributed by atoms with van der Waals surface area (Å²) in [4.78, 5) is 20.2. The first-order valence-electron chi connectivity index (χ1n) is 6.15. The van der Waals surface area contributed by atoms with E-state index in [1.807, 2.05) is 13.0 Å². The van der Waals surface area contributed by atoms with E-state index >= 15 is 0 Å². The molecule has 3 aromatic rings. The van der Waals surface area contributed by atoms with Crippen LogP contribution in [0.15, 0.2) is 39.0 Å². The van der Waals surface area contributed by atoms with Crippen LogP contribution in [0.1, 0.15) is 21.6 Å². The Kier molecular flexibility index (Phi) is 3.34. The fourth-order valence-electron chi connectivity index (χ4n) is 1.97. The maximum atomic E-state index is 11.2. The van der Waals surface area contributed by atoms with Crippen molar-refractivity contribution in [2.24, 2.45) is 0 Å². The van der Waals surface area contributed by atoms with Crippen molar-refractivity contribution >= 4 is 28.8 Å². The maximum Gasteiger partial charge on any atom is 0.335 e. The van der Waals surface area contributed by atoms with Crippen LogP contribution in [0.5, 0.6) is 0 Å². The highest BCUT2D eigenvalue weighted by molar-refractivity contribution is 7.99. The molecular weight excluding hydrogens is 290 g/mol. The number of rotatable bonds is 3. The predicted molar refractivity (Wildman–Crippen MR) is 76.6 cm³/mol. The average Bonchev–Trinajstić information content (AvgIpc) is 2.83. The zero-order chi connectivity index (χ0) is 15.0. The lowest BCUT2D eigenvalue weighted by Gasteiger charge is -2.05. The minimum atomic E-state index is -0.941. The largest absolute Gasteiger partial charge is 0.478 e. The second-order valence-electron chi connectivity index (χ2n) is 4.51. The Morgan fingerprint density at radius 1 is 1.29 bits per heavy atom. The van der Waals surface area contributed by atoms with Crippen molar-refractivity contribution in [2.75, 3.05) is 0 Å². The number of hydrogen-bond donors (Lipinski definition) is 1. The molecule has 0 saturated carbocycles. The predicted octanol–water partition coefficient (Wildman–Crippen LogP) is 3.08. The summed E-state index contributed by atoms with van der Waals surface area (Å²) in [5.41, 5.74) is 2.14. The quantitative estimate of drug-likeness (QED) is 0.743. The second kappa shape index (κ2) is 5.17. The first-order valence-corrected chi connectivity index (χ1v) is 6.96. The molecule has 0 aliphatic rings. The number of carboxylic acid groups (broad SMARTS) is 1. The lowest BCUT2D eigenvalue weighted by Crippen LogP contribution is -1.99. The summed E-state index contributed by atoms with van der Waals surface area (Å²) in [6, 6.07) is 5.28. The molecule has 2 aromatic heterocycles. The summed E-state index contributed by atoms with van der Waals surface area (Å²) in [6.07, 6.45) is 1.40. The van der Waals surface area contributed by atoms with Gasteiger partial charge in [0.25, 0.3) is 5.71 Å². The van der Waals surface area contributed by atoms with Crippen molar-refractivity contribution in [2.45, 2.75) is 23.8 Å². The van der Waals surface area contributed by atoms with E-state index in [-0.39, 0.29) is 5.56 Å². The van der Waals surface area contributed by atoms with E-state index in [1.165, 1.54) is 18.1 Å². The minimum absolute atomic E-state index is 0.285. The number of carbonyl (C=O) groups is 1. The zero-order valence-corrected chi connectivity index (χ0v) is 12.1. The van der Waals surface area contributed by atoms with Gasteiger partial charge in [-0.25, -0.2) is 9.78 Å². The Balaban J connectivity index is 2.05. The smallest absolute Gasteiger partial charge is 0.335 e. The third-order valence-electron chi connectivity index (χ3n) is 3.06. The number of carboxylic acids is 1. The van der Waals surface area contributed by atoms with Crippen molar-refractivity contribution in [3.63, 3.8) is 0 Å². The summed E-state index contributed by atoms with van der Waals surface area (Å²) in [7, 11) is 0. The maximum absolute atomic E-state index is 11.2. The van der Waals surface area contributed by atoms with Gasteiger partial charge in [0.05, 0.1) is 16.6 Å². The van der Waals surface area contributed by atoms with Crippen LogP contribution in [0.4, 0.5) is 0 Å². The third-order valence-corrected chi connectivity index (χ3v) is 4.06. The second-order valence-corrected chi connectivity index (χ2v) is 5.57. The number of fused-ring (bicyclic) bond motifs is 1. The molecule has 7 heteroatoms. The van der Waals surface area contributed by atoms with Crippen LogP contribution < -0.4 is 0 Å². The van der Waals surface area contributed by atoms with E-state index in [0.717, 1.165) is 15.8 Å². The highest BCUT2D eigenvalue weighted by atomic mass is 32.2. The molecule has 3 rings (SSSR count). The highest BCUT2D eigenvalue weighted by Gasteiger charge is 2.14. The molecule has 0 spiro atoms. The molecule has 0 saturated heterocycles. The molecule has 2 heterocycles. The zero-order valence-electron chi connectivity index (χ0n) is 11.3. The third kappa shape index (κ3) is 2.47. The van der Waals surface area contributed by atoms with Gasteiger partial charge in [0.2, 0.25) is 0 Å². The Morgan fingerprint density at radius 2 is 2.10 bits per heavy atom. The van der Waals surface area contributed by atoms with Crippen LogP contribution in [0, 0.1) is 13.8 Å². The molecule has 0 aliphatic carbocycles. The van der Waals surface area contributed by atoms with Gasteiger partial charge in [0.1, 0.15) is 11.4 Å². The summed E-state index contributed by atoms with van der Waals surface area (Å²) < 4.78 is 5.10. The Bertz CT molecular complexity index is 845. The topological polar surface area (TPSA) is 89.1 Å². The molecule has 0 unspecified atom stereocenters. The molecule has 6 nitrogen and oxygen atoms in total. The first-order chi connectivity index (χ1) is 10.1. The van der Waals surface area contributed by atoms with Crippen molar-refractivity contribution in [3.8, 4) is 0 Å². The SMILES string of the molecule is Cc1ccc(Sc2ncnc3onc(C)c23)cc1C(=O)O. The number of hydrogen-bond acceptors (Lipinski definition) is 6. The molecular formula is C14H11N3O3S. The number of nitrogens with zero attached hydrogens (tertiary/aromatic N) is 3. The van der Waals surface area contributed by atoms with Crippen molar-refractivity contribution < 1.29 is 14.4 Å². The van der Waals surface area contributed by atoms with E-state index in [9.17, 15) is 9.90 Å². The van der Waals surface area contributed by atoms with Crippen LogP contribution in [0.25, 0.3) is 11.1 Å². The molecule has 0 fully saturated rings. The van der Waals surface area contributed by atoms with Gasteiger partial charge < -0.3 is 9.63 Å². The molecule has 0 radical (unpaired) electrons. The Hall–Kier alpha value is -2.41. The minimum Gasteiger partial charge on any atom is -0.478 e. The van der Waals surface area contributed by atoms with Crippen LogP contribution >= 0.6 is 11.8 Å². The number of aromatic carboxylic acids is 1. The van der Waals surface area contributed by atoms with Crippen LogP contribution in [-0.2, 0) is 0 Å². The molecule has 1 aromatic carbocycles. The summed E-state index contributed by atoms with van der Waals surface area (Å²) in [5, 5.41) is 14.5. The van der Waals surface area contributed by atoms with Gasteiger partial charge in [-0.1, -0.05) is 23.0 Å². The van der Waals surface area contributed by atoms with Gasteiger partial charge in [-0.05, 0) is 31.5 Å². The van der Waals surface area contributed by atoms with E-state index in [2.05, 4.69) is 15.1 Å². The highest BCUT2D eigenvalue weighted by Crippen LogP contribution is 2.33. The summed E-state index contributed by atoms with van der Waals surface area (Å²) in [6.45, 7) is 3.59. The standard InChI is InChI=1S/C14H11N3O3S/c1-7-3-4-9(5-10(7)14(18)19)21-13-11-8(2)17-20-12(11)15-6-16-13/h3-6H,1-2H3,(H,18,19). The molecule has 21 heavy (non-hydrogen) atoms. The number of aryl methyl sites for hydroxylation is 2. The van der Waals surface area contributed by atoms with Gasteiger partial charge in [-0.15, -0.1) is 0 Å². The van der Waals surface area contributed by atoms with Gasteiger partial charge in [-0.2, -0.15) is 4.98 Å². The van der Waals surface area contributed by atoms with Gasteiger partial charge in [-0.3, -0.25) is 0 Å². The first kappa shape index (κ1) is 13.6. The monoisotopic (exact) mass is 301 g/mol. The van der Waals surface area contributed by atoms with Crippen molar-refractivity contribution in [3.05, 3.63) is 41.3 Å². The number of benzene rings is 1. The van der Waals surface area contributed by atoms with Crippen LogP contribution in [0.2, 0.25) is 0 Å². The molecule has 106 valence electrons. The lowest BCUT2D eigenvalue weighted by molar-refractivity contribution is 0.0696. The average molecular weight is 301 g/mol. The van der Waals surface area contributed by atoms with Crippen LogP contribution in [0.3, 0.4) is 0 Å². The fraction of sp³-hybridized carbons (Fsp3) is 0.143. The molecule has 0 bridgehead atoms. The van der Waals surface area contributed by atoms with Gasteiger partial charge >= 0.3 is 5.97 Å². The van der Waals surface area contributed by atoms with E-state index < -0.39 is 5.97 Å². The van der Waals surface area contributed by atoms with E-state index in [0.29, 0.717) is 16.4 Å². The lowest BCUT2D eigenvalue weighted by atomic mass is 10.1. The molecule has 1 N–H and O–H groups in total. The number of aromatic nitrogens is 3. The molecule has 0 amide bonds. The van der Waals surface area contributed by atoms with Crippen molar-refractivity contribution in [1.29, 1.82) is 0 Å². The molecule has 0 atom stereocenters. The van der Waals surface area contributed by atoms with Crippen LogP contribution in [-0.4, -0.2) is 26.2 Å². The molecule has 0 aliphatic heterocycles. The summed E-state index contributed by atoms with van der Waals surface area (Å²) in [5.74, 6) is -0.941. The van der Waals surface area contributed by atoms with Gasteiger partial charge in [0.15, 0.2) is 0 Å². The van der Waals surface area contributed by atoms with Gasteiger partial charge in [0, 0.05) is 4.90 Å². The van der Waals surface area contributed by atoms with E-state index in [4.69, 9.17) is 4.52 Å². The Labute approximate surface area is 124 Å². The van der Waals surface area contributed by atoms with E-state index in [1.54, 1.807) is 19.1 Å².